The Morgan fingerprint density at radius 1 is 1.50 bits per heavy atom. The summed E-state index contributed by atoms with van der Waals surface area (Å²) in [6.45, 7) is 1.01. The monoisotopic (exact) mass is 276 g/mol. The minimum absolute atomic E-state index is 0.413. The number of hydrogen-bond acceptors (Lipinski definition) is 4. The molecule has 1 heterocycles. The lowest BCUT2D eigenvalue weighted by Gasteiger charge is -2.35. The third-order valence-electron chi connectivity index (χ3n) is 3.24. The number of aromatic nitrogens is 1. The number of anilines is 1. The van der Waals surface area contributed by atoms with Crippen LogP contribution in [-0.2, 0) is 0 Å². The molecule has 0 unspecified atom stereocenters. The van der Waals surface area contributed by atoms with E-state index in [0.717, 1.165) is 11.7 Å². The first-order chi connectivity index (χ1) is 7.74. The summed E-state index contributed by atoms with van der Waals surface area (Å²) < 4.78 is 0.413. The zero-order chi connectivity index (χ0) is 11.4. The molecule has 1 aliphatic rings. The maximum absolute atomic E-state index is 5.80. The van der Waals surface area contributed by atoms with Gasteiger partial charge >= 0.3 is 0 Å². The Labute approximate surface area is 110 Å². The molecule has 1 aromatic rings. The molecule has 1 aromatic heterocycles. The van der Waals surface area contributed by atoms with Crippen LogP contribution in [-0.4, -0.2) is 22.5 Å². The molecule has 0 saturated heterocycles. The van der Waals surface area contributed by atoms with Crippen molar-refractivity contribution in [3.8, 4) is 0 Å². The fourth-order valence-electron chi connectivity index (χ4n) is 2.22. The van der Waals surface area contributed by atoms with Crippen LogP contribution in [0.5, 0.6) is 0 Å². The minimum atomic E-state index is 0.413. The molecule has 0 radical (unpaired) electrons. The largest absolute Gasteiger partial charge is 0.360 e. The van der Waals surface area contributed by atoms with Gasteiger partial charge in [-0.1, -0.05) is 30.9 Å². The molecule has 90 valence electrons. The Bertz CT molecular complexity index is 334. The Hall–Kier alpha value is 0.0700. The standard InChI is InChI=1S/C11H17ClN2S2/c1-15-11(5-3-2-4-6-11)8-13-10-14-9(12)7-16-10/h7H,2-6,8H2,1H3,(H,13,14). The topological polar surface area (TPSA) is 24.9 Å². The molecular weight excluding hydrogens is 260 g/mol. The van der Waals surface area contributed by atoms with Gasteiger partial charge in [0.1, 0.15) is 5.15 Å². The van der Waals surface area contributed by atoms with Crippen LogP contribution in [0.2, 0.25) is 5.15 Å². The zero-order valence-corrected chi connectivity index (χ0v) is 11.9. The molecule has 0 amide bonds. The Morgan fingerprint density at radius 2 is 2.25 bits per heavy atom. The lowest BCUT2D eigenvalue weighted by Crippen LogP contribution is -2.35. The van der Waals surface area contributed by atoms with E-state index in [-0.39, 0.29) is 0 Å². The van der Waals surface area contributed by atoms with Crippen LogP contribution in [0.4, 0.5) is 5.13 Å². The van der Waals surface area contributed by atoms with Crippen LogP contribution >= 0.6 is 34.7 Å². The highest BCUT2D eigenvalue weighted by atomic mass is 35.5. The number of halogens is 1. The van der Waals surface area contributed by atoms with Crippen LogP contribution < -0.4 is 5.32 Å². The van der Waals surface area contributed by atoms with Crippen LogP contribution in [0.1, 0.15) is 32.1 Å². The van der Waals surface area contributed by atoms with Crippen molar-refractivity contribution in [2.75, 3.05) is 18.1 Å². The first kappa shape index (κ1) is 12.5. The normalized spacial score (nSPS) is 19.6. The van der Waals surface area contributed by atoms with E-state index in [1.807, 2.05) is 17.1 Å². The zero-order valence-electron chi connectivity index (χ0n) is 9.46. The van der Waals surface area contributed by atoms with Crippen molar-refractivity contribution in [3.63, 3.8) is 0 Å². The van der Waals surface area contributed by atoms with Crippen molar-refractivity contribution in [3.05, 3.63) is 10.5 Å². The molecule has 0 aliphatic heterocycles. The average molecular weight is 277 g/mol. The second-order valence-electron chi connectivity index (χ2n) is 4.28. The molecule has 0 bridgehead atoms. The van der Waals surface area contributed by atoms with Gasteiger partial charge in [-0.3, -0.25) is 0 Å². The third kappa shape index (κ3) is 3.05. The molecule has 16 heavy (non-hydrogen) atoms. The van der Waals surface area contributed by atoms with Gasteiger partial charge in [0.05, 0.1) is 0 Å². The summed E-state index contributed by atoms with van der Waals surface area (Å²) in [4.78, 5) is 4.22. The number of thiazole rings is 1. The third-order valence-corrected chi connectivity index (χ3v) is 5.78. The summed E-state index contributed by atoms with van der Waals surface area (Å²) in [6.07, 6.45) is 8.98. The lowest BCUT2D eigenvalue weighted by molar-refractivity contribution is 0.411. The van der Waals surface area contributed by atoms with E-state index in [1.165, 1.54) is 32.1 Å². The number of rotatable bonds is 4. The van der Waals surface area contributed by atoms with Gasteiger partial charge in [-0.15, -0.1) is 11.3 Å². The van der Waals surface area contributed by atoms with Crippen LogP contribution in [0.3, 0.4) is 0 Å². The predicted molar refractivity (Wildman–Crippen MR) is 74.9 cm³/mol. The molecule has 2 rings (SSSR count). The first-order valence-electron chi connectivity index (χ1n) is 5.64. The molecule has 0 spiro atoms. The number of thioether (sulfide) groups is 1. The van der Waals surface area contributed by atoms with Crippen molar-refractivity contribution >= 4 is 39.8 Å². The molecule has 1 aliphatic carbocycles. The second kappa shape index (κ2) is 5.61. The Kier molecular flexibility index (Phi) is 4.39. The van der Waals surface area contributed by atoms with Crippen molar-refractivity contribution in [2.45, 2.75) is 36.9 Å². The van der Waals surface area contributed by atoms with Gasteiger partial charge in [0, 0.05) is 16.7 Å². The fraction of sp³-hybridized carbons (Fsp3) is 0.727. The lowest BCUT2D eigenvalue weighted by atomic mass is 9.88. The summed E-state index contributed by atoms with van der Waals surface area (Å²) in [5.41, 5.74) is 0. The van der Waals surface area contributed by atoms with Crippen molar-refractivity contribution in [1.29, 1.82) is 0 Å². The maximum atomic E-state index is 5.80. The molecule has 1 saturated carbocycles. The molecule has 1 fully saturated rings. The molecular formula is C11H17ClN2S2. The van der Waals surface area contributed by atoms with E-state index in [0.29, 0.717) is 9.90 Å². The van der Waals surface area contributed by atoms with Gasteiger partial charge in [0.25, 0.3) is 0 Å². The number of nitrogens with one attached hydrogen (secondary N) is 1. The minimum Gasteiger partial charge on any atom is -0.360 e. The first-order valence-corrected chi connectivity index (χ1v) is 8.12. The van der Waals surface area contributed by atoms with Gasteiger partial charge in [0.2, 0.25) is 0 Å². The van der Waals surface area contributed by atoms with Crippen molar-refractivity contribution in [2.24, 2.45) is 0 Å². The van der Waals surface area contributed by atoms with E-state index < -0.39 is 0 Å². The molecule has 1 N–H and O–H groups in total. The highest BCUT2D eigenvalue weighted by molar-refractivity contribution is 8.00. The van der Waals surface area contributed by atoms with Gasteiger partial charge in [-0.25, -0.2) is 4.98 Å². The molecule has 0 atom stereocenters. The fourth-order valence-corrected chi connectivity index (χ4v) is 3.97. The SMILES string of the molecule is CSC1(CNc2nc(Cl)cs2)CCCCC1. The van der Waals surface area contributed by atoms with Crippen molar-refractivity contribution in [1.82, 2.24) is 4.98 Å². The van der Waals surface area contributed by atoms with Crippen LogP contribution in [0.15, 0.2) is 5.38 Å². The van der Waals surface area contributed by atoms with E-state index in [9.17, 15) is 0 Å². The second-order valence-corrected chi connectivity index (χ2v) is 6.80. The van der Waals surface area contributed by atoms with E-state index in [1.54, 1.807) is 11.3 Å². The Morgan fingerprint density at radius 3 is 2.81 bits per heavy atom. The van der Waals surface area contributed by atoms with E-state index in [4.69, 9.17) is 11.6 Å². The van der Waals surface area contributed by atoms with Gasteiger partial charge in [-0.2, -0.15) is 11.8 Å². The van der Waals surface area contributed by atoms with Gasteiger partial charge < -0.3 is 5.32 Å². The molecule has 0 aromatic carbocycles. The van der Waals surface area contributed by atoms with Gasteiger partial charge in [0.15, 0.2) is 5.13 Å². The number of nitrogens with zero attached hydrogens (tertiary/aromatic N) is 1. The summed E-state index contributed by atoms with van der Waals surface area (Å²) in [5.74, 6) is 0. The van der Waals surface area contributed by atoms with E-state index in [2.05, 4.69) is 16.6 Å². The van der Waals surface area contributed by atoms with Gasteiger partial charge in [-0.05, 0) is 19.1 Å². The maximum Gasteiger partial charge on any atom is 0.184 e. The van der Waals surface area contributed by atoms with Crippen LogP contribution in [0, 0.1) is 0 Å². The van der Waals surface area contributed by atoms with Crippen LogP contribution in [0.25, 0.3) is 0 Å². The molecule has 2 nitrogen and oxygen atoms in total. The summed E-state index contributed by atoms with van der Waals surface area (Å²) in [7, 11) is 0. The summed E-state index contributed by atoms with van der Waals surface area (Å²) in [5, 5.41) is 6.84. The van der Waals surface area contributed by atoms with E-state index >= 15 is 0 Å². The summed E-state index contributed by atoms with van der Waals surface area (Å²) in [6, 6.07) is 0. The highest BCUT2D eigenvalue weighted by Gasteiger charge is 2.30. The average Bonchev–Trinajstić information content (AvgIpc) is 2.74. The summed E-state index contributed by atoms with van der Waals surface area (Å²) >= 11 is 9.39. The smallest absolute Gasteiger partial charge is 0.184 e. The molecule has 5 heteroatoms. The Balaban J connectivity index is 1.91. The number of hydrogen-bond donors (Lipinski definition) is 1. The quantitative estimate of drug-likeness (QED) is 0.889. The predicted octanol–water partition coefficient (Wildman–Crippen LogP) is 4.27. The van der Waals surface area contributed by atoms with Crippen molar-refractivity contribution < 1.29 is 0 Å². The highest BCUT2D eigenvalue weighted by Crippen LogP contribution is 2.38.